The number of amides is 1. The summed E-state index contributed by atoms with van der Waals surface area (Å²) in [6.07, 6.45) is 3.19. The van der Waals surface area contributed by atoms with E-state index >= 15 is 0 Å². The highest BCUT2D eigenvalue weighted by molar-refractivity contribution is 9.09. The predicted octanol–water partition coefficient (Wildman–Crippen LogP) is 3.20. The minimum absolute atomic E-state index is 0.181. The fourth-order valence-electron chi connectivity index (χ4n) is 1.97. The van der Waals surface area contributed by atoms with E-state index in [4.69, 9.17) is 0 Å². The first-order valence-corrected chi connectivity index (χ1v) is 8.11. The van der Waals surface area contributed by atoms with Crippen LogP contribution in [0.4, 0.5) is 0 Å². The van der Waals surface area contributed by atoms with Gasteiger partial charge in [0.15, 0.2) is 0 Å². The van der Waals surface area contributed by atoms with Gasteiger partial charge in [-0.1, -0.05) is 29.8 Å². The third kappa shape index (κ3) is 3.66. The number of rotatable bonds is 5. The summed E-state index contributed by atoms with van der Waals surface area (Å²) in [4.78, 5) is 12.2. The maximum atomic E-state index is 12.2. The minimum Gasteiger partial charge on any atom is -0.352 e. The average Bonchev–Trinajstić information content (AvgIpc) is 2.65. The second-order valence-corrected chi connectivity index (χ2v) is 7.38. The lowest BCUT2D eigenvalue weighted by molar-refractivity contribution is -0.124. The molecule has 1 fully saturated rings. The zero-order chi connectivity index (χ0) is 12.2. The average molecular weight is 308 g/mol. The molecule has 1 rings (SSSR count). The van der Waals surface area contributed by atoms with Crippen molar-refractivity contribution >= 4 is 33.6 Å². The minimum atomic E-state index is -0.181. The summed E-state index contributed by atoms with van der Waals surface area (Å²) in [6, 6.07) is 0.296. The Hall–Kier alpha value is 0.300. The fourth-order valence-corrected chi connectivity index (χ4v) is 3.68. The normalized spacial score (nSPS) is 27.1. The number of hydrogen-bond donors (Lipinski definition) is 1. The Morgan fingerprint density at radius 3 is 2.69 bits per heavy atom. The molecule has 0 bridgehead atoms. The molecule has 0 aromatic carbocycles. The number of nitrogens with one attached hydrogen (secondary N) is 1. The number of carbonyl (C=O) groups is 1. The summed E-state index contributed by atoms with van der Waals surface area (Å²) >= 11 is 5.25. The van der Waals surface area contributed by atoms with Crippen LogP contribution in [0, 0.1) is 5.92 Å². The van der Waals surface area contributed by atoms with Crippen LogP contribution in [0.1, 0.15) is 40.0 Å². The highest BCUT2D eigenvalue weighted by atomic mass is 79.9. The van der Waals surface area contributed by atoms with E-state index in [2.05, 4.69) is 42.0 Å². The first kappa shape index (κ1) is 14.4. The Balaban J connectivity index is 2.53. The van der Waals surface area contributed by atoms with Gasteiger partial charge in [0.25, 0.3) is 0 Å². The molecule has 0 saturated carbocycles. The van der Waals surface area contributed by atoms with E-state index in [0.717, 1.165) is 23.9 Å². The van der Waals surface area contributed by atoms with Crippen LogP contribution < -0.4 is 5.32 Å². The largest absolute Gasteiger partial charge is 0.352 e. The maximum Gasteiger partial charge on any atom is 0.236 e. The molecule has 4 heteroatoms. The third-order valence-electron chi connectivity index (χ3n) is 3.24. The van der Waals surface area contributed by atoms with Crippen LogP contribution in [0.15, 0.2) is 0 Å². The molecule has 0 aromatic rings. The highest BCUT2D eigenvalue weighted by Gasteiger charge is 2.38. The lowest BCUT2D eigenvalue weighted by Crippen LogP contribution is -2.47. The van der Waals surface area contributed by atoms with Gasteiger partial charge in [-0.2, -0.15) is 0 Å². The quantitative estimate of drug-likeness (QED) is 0.790. The molecule has 0 aromatic heterocycles. The van der Waals surface area contributed by atoms with Gasteiger partial charge in [-0.05, 0) is 37.9 Å². The highest BCUT2D eigenvalue weighted by Crippen LogP contribution is 2.38. The fraction of sp³-hybridized carbons (Fsp3) is 0.917. The number of hydrogen-bond acceptors (Lipinski definition) is 2. The Morgan fingerprint density at radius 2 is 2.25 bits per heavy atom. The van der Waals surface area contributed by atoms with Crippen molar-refractivity contribution in [3.63, 3.8) is 0 Å². The molecule has 1 aliphatic heterocycles. The second-order valence-electron chi connectivity index (χ2n) is 4.98. The lowest BCUT2D eigenvalue weighted by atomic mass is 9.99. The van der Waals surface area contributed by atoms with Gasteiger partial charge >= 0.3 is 0 Å². The maximum absolute atomic E-state index is 12.2. The molecule has 0 spiro atoms. The standard InChI is InChI=1S/C12H22BrNOS/c1-9(2)10(5-7-13)14-11(15)12(3)6-4-8-16-12/h9-10H,4-8H2,1-3H3,(H,14,15). The van der Waals surface area contributed by atoms with Crippen LogP contribution in [0.25, 0.3) is 0 Å². The molecule has 1 saturated heterocycles. The molecule has 2 nitrogen and oxygen atoms in total. The molecule has 0 radical (unpaired) electrons. The molecular formula is C12H22BrNOS. The Kier molecular flexibility index (Phi) is 5.65. The van der Waals surface area contributed by atoms with Crippen molar-refractivity contribution in [2.24, 2.45) is 5.92 Å². The van der Waals surface area contributed by atoms with Crippen LogP contribution in [0.5, 0.6) is 0 Å². The van der Waals surface area contributed by atoms with Crippen molar-refractivity contribution < 1.29 is 4.79 Å². The van der Waals surface area contributed by atoms with Gasteiger partial charge in [0.05, 0.1) is 4.75 Å². The van der Waals surface area contributed by atoms with Gasteiger partial charge in [0.1, 0.15) is 0 Å². The topological polar surface area (TPSA) is 29.1 Å². The Labute approximate surface area is 111 Å². The molecule has 1 aliphatic rings. The third-order valence-corrected chi connectivity index (χ3v) is 5.22. The van der Waals surface area contributed by atoms with E-state index in [9.17, 15) is 4.79 Å². The van der Waals surface area contributed by atoms with E-state index in [-0.39, 0.29) is 10.7 Å². The number of carbonyl (C=O) groups excluding carboxylic acids is 1. The summed E-state index contributed by atoms with van der Waals surface area (Å²) in [5.74, 6) is 1.85. The van der Waals surface area contributed by atoms with E-state index in [0.29, 0.717) is 12.0 Å². The SMILES string of the molecule is CC(C)C(CCBr)NC(=O)C1(C)CCCS1. The molecule has 94 valence electrons. The van der Waals surface area contributed by atoms with Gasteiger partial charge in [0, 0.05) is 11.4 Å². The summed E-state index contributed by atoms with van der Waals surface area (Å²) in [5, 5.41) is 4.15. The van der Waals surface area contributed by atoms with Gasteiger partial charge in [-0.15, -0.1) is 11.8 Å². The van der Waals surface area contributed by atoms with Crippen LogP contribution in [-0.4, -0.2) is 27.8 Å². The molecule has 1 amide bonds. The number of thioether (sulfide) groups is 1. The monoisotopic (exact) mass is 307 g/mol. The lowest BCUT2D eigenvalue weighted by Gasteiger charge is -2.28. The summed E-state index contributed by atoms with van der Waals surface area (Å²) in [5.41, 5.74) is 0. The van der Waals surface area contributed by atoms with Crippen molar-refractivity contribution in [3.05, 3.63) is 0 Å². The molecule has 2 unspecified atom stereocenters. The zero-order valence-corrected chi connectivity index (χ0v) is 12.8. The smallest absolute Gasteiger partial charge is 0.236 e. The van der Waals surface area contributed by atoms with E-state index in [1.165, 1.54) is 6.42 Å². The van der Waals surface area contributed by atoms with Crippen molar-refractivity contribution in [2.45, 2.75) is 50.8 Å². The molecular weight excluding hydrogens is 286 g/mol. The van der Waals surface area contributed by atoms with Crippen molar-refractivity contribution in [3.8, 4) is 0 Å². The van der Waals surface area contributed by atoms with Gasteiger partial charge in [-0.25, -0.2) is 0 Å². The van der Waals surface area contributed by atoms with E-state index in [1.54, 1.807) is 11.8 Å². The van der Waals surface area contributed by atoms with Crippen LogP contribution in [0.3, 0.4) is 0 Å². The second kappa shape index (κ2) is 6.29. The summed E-state index contributed by atoms with van der Waals surface area (Å²) < 4.78 is -0.181. The predicted molar refractivity (Wildman–Crippen MR) is 75.3 cm³/mol. The van der Waals surface area contributed by atoms with Gasteiger partial charge < -0.3 is 5.32 Å². The molecule has 1 N–H and O–H groups in total. The number of halogens is 1. The van der Waals surface area contributed by atoms with Crippen LogP contribution >= 0.6 is 27.7 Å². The molecule has 0 aliphatic carbocycles. The first-order chi connectivity index (χ1) is 7.49. The summed E-state index contributed by atoms with van der Waals surface area (Å²) in [7, 11) is 0. The molecule has 2 atom stereocenters. The van der Waals surface area contributed by atoms with Gasteiger partial charge in [-0.3, -0.25) is 4.79 Å². The Morgan fingerprint density at radius 1 is 1.56 bits per heavy atom. The molecule has 16 heavy (non-hydrogen) atoms. The van der Waals surface area contributed by atoms with Gasteiger partial charge in [0.2, 0.25) is 5.91 Å². The summed E-state index contributed by atoms with van der Waals surface area (Å²) in [6.45, 7) is 6.40. The van der Waals surface area contributed by atoms with Crippen LogP contribution in [0.2, 0.25) is 0 Å². The van der Waals surface area contributed by atoms with Crippen LogP contribution in [-0.2, 0) is 4.79 Å². The van der Waals surface area contributed by atoms with Crippen molar-refractivity contribution in [2.75, 3.05) is 11.1 Å². The Bertz CT molecular complexity index is 239. The zero-order valence-electron chi connectivity index (χ0n) is 10.4. The van der Waals surface area contributed by atoms with Crippen molar-refractivity contribution in [1.29, 1.82) is 0 Å². The van der Waals surface area contributed by atoms with E-state index in [1.807, 2.05) is 0 Å². The van der Waals surface area contributed by atoms with Crippen molar-refractivity contribution in [1.82, 2.24) is 5.32 Å². The molecule has 1 heterocycles. The van der Waals surface area contributed by atoms with E-state index < -0.39 is 0 Å². The first-order valence-electron chi connectivity index (χ1n) is 6.00. The number of alkyl halides is 1.